The summed E-state index contributed by atoms with van der Waals surface area (Å²) in [5.41, 5.74) is 0. The van der Waals surface area contributed by atoms with Crippen LogP contribution < -0.4 is 0 Å². The van der Waals surface area contributed by atoms with Crippen molar-refractivity contribution in [3.63, 3.8) is 0 Å². The van der Waals surface area contributed by atoms with E-state index in [1.165, 1.54) is 7.11 Å². The Kier molecular flexibility index (Phi) is 4.70. The zero-order chi connectivity index (χ0) is 12.3. The number of ether oxygens (including phenoxy) is 1. The van der Waals surface area contributed by atoms with Crippen LogP contribution in [0.15, 0.2) is 23.7 Å². The molecular weight excluding hydrogens is 274 g/mol. The smallest absolute Gasteiger partial charge is 0.254 e. The number of nitrogens with zero attached hydrogens (tertiary/aromatic N) is 1. The third-order valence-corrected chi connectivity index (χ3v) is 2.92. The fraction of sp³-hybridized carbons (Fsp3) is 0.545. The summed E-state index contributed by atoms with van der Waals surface area (Å²) in [5, 5.41) is 9.96. The van der Waals surface area contributed by atoms with Crippen LogP contribution in [-0.2, 0) is 9.53 Å². The lowest BCUT2D eigenvalue weighted by atomic mass is 9.91. The van der Waals surface area contributed by atoms with Crippen LogP contribution in [-0.4, -0.2) is 47.8 Å². The summed E-state index contributed by atoms with van der Waals surface area (Å²) in [6.07, 6.45) is 0.800. The summed E-state index contributed by atoms with van der Waals surface area (Å²) in [5.74, 6) is -0.105. The summed E-state index contributed by atoms with van der Waals surface area (Å²) in [7, 11) is 1.47. The van der Waals surface area contributed by atoms with Crippen LogP contribution >= 0.6 is 15.9 Å². The van der Waals surface area contributed by atoms with Gasteiger partial charge in [-0.05, 0) is 4.48 Å². The quantitative estimate of drug-likeness (QED) is 0.588. The van der Waals surface area contributed by atoms with Gasteiger partial charge in [0, 0.05) is 20.1 Å². The SMILES string of the molecule is C=CCN1C(=O)[C@H](OC)[C@@H]1[C@H](O)CC(=C)Br. The maximum absolute atomic E-state index is 11.6. The molecule has 1 N–H and O–H groups in total. The molecule has 0 aromatic rings. The van der Waals surface area contributed by atoms with Crippen LogP contribution in [0, 0.1) is 0 Å². The second-order valence-corrected chi connectivity index (χ2v) is 4.84. The van der Waals surface area contributed by atoms with E-state index < -0.39 is 12.2 Å². The molecule has 1 heterocycles. The first kappa shape index (κ1) is 13.4. The molecule has 0 spiro atoms. The number of amides is 1. The van der Waals surface area contributed by atoms with E-state index in [-0.39, 0.29) is 11.9 Å². The molecule has 0 aromatic heterocycles. The Morgan fingerprint density at radius 2 is 2.44 bits per heavy atom. The lowest BCUT2D eigenvalue weighted by Crippen LogP contribution is -2.69. The van der Waals surface area contributed by atoms with E-state index in [0.717, 1.165) is 0 Å². The molecule has 0 saturated carbocycles. The third kappa shape index (κ3) is 2.53. The fourth-order valence-corrected chi connectivity index (χ4v) is 2.22. The van der Waals surface area contributed by atoms with Crippen molar-refractivity contribution in [1.82, 2.24) is 4.90 Å². The number of carbonyl (C=O) groups is 1. The van der Waals surface area contributed by atoms with Crippen molar-refractivity contribution in [3.05, 3.63) is 23.7 Å². The third-order valence-electron chi connectivity index (χ3n) is 2.60. The van der Waals surface area contributed by atoms with Gasteiger partial charge in [-0.3, -0.25) is 4.79 Å². The molecule has 16 heavy (non-hydrogen) atoms. The van der Waals surface area contributed by atoms with Gasteiger partial charge in [0.1, 0.15) is 0 Å². The summed E-state index contributed by atoms with van der Waals surface area (Å²) < 4.78 is 5.76. The minimum absolute atomic E-state index is 0.105. The first-order valence-corrected chi connectivity index (χ1v) is 5.77. The topological polar surface area (TPSA) is 49.8 Å². The van der Waals surface area contributed by atoms with Crippen molar-refractivity contribution in [2.45, 2.75) is 24.7 Å². The average Bonchev–Trinajstić information content (AvgIpc) is 2.20. The van der Waals surface area contributed by atoms with Crippen LogP contribution in [0.1, 0.15) is 6.42 Å². The molecule has 1 rings (SSSR count). The van der Waals surface area contributed by atoms with Crippen molar-refractivity contribution in [3.8, 4) is 0 Å². The van der Waals surface area contributed by atoms with E-state index >= 15 is 0 Å². The fourth-order valence-electron chi connectivity index (χ4n) is 1.89. The number of hydrogen-bond acceptors (Lipinski definition) is 3. The molecule has 1 fully saturated rings. The number of rotatable bonds is 6. The van der Waals surface area contributed by atoms with Crippen LogP contribution in [0.25, 0.3) is 0 Å². The summed E-state index contributed by atoms with van der Waals surface area (Å²) in [4.78, 5) is 13.1. The summed E-state index contributed by atoms with van der Waals surface area (Å²) in [6.45, 7) is 7.67. The van der Waals surface area contributed by atoms with E-state index in [2.05, 4.69) is 29.1 Å². The molecule has 1 aliphatic heterocycles. The van der Waals surface area contributed by atoms with E-state index in [1.54, 1.807) is 11.0 Å². The van der Waals surface area contributed by atoms with E-state index in [9.17, 15) is 9.90 Å². The maximum Gasteiger partial charge on any atom is 0.254 e. The van der Waals surface area contributed by atoms with Gasteiger partial charge in [-0.2, -0.15) is 0 Å². The normalized spacial score (nSPS) is 26.2. The molecule has 4 nitrogen and oxygen atoms in total. The molecule has 0 unspecified atom stereocenters. The predicted octanol–water partition coefficient (Wildman–Crippen LogP) is 1.06. The van der Waals surface area contributed by atoms with Gasteiger partial charge in [-0.25, -0.2) is 0 Å². The van der Waals surface area contributed by atoms with Gasteiger partial charge in [0.2, 0.25) is 0 Å². The number of aliphatic hydroxyl groups is 1. The van der Waals surface area contributed by atoms with Crippen molar-refractivity contribution in [2.75, 3.05) is 13.7 Å². The van der Waals surface area contributed by atoms with Gasteiger partial charge in [-0.1, -0.05) is 28.6 Å². The standard InChI is InChI=1S/C11H16BrNO3/c1-4-5-13-9(8(14)6-7(2)12)10(16-3)11(13)15/h4,8-10,14H,1-2,5-6H2,3H3/t8-,9+,10-/m1/s1. The molecule has 0 aromatic carbocycles. The molecule has 0 radical (unpaired) electrons. The van der Waals surface area contributed by atoms with Gasteiger partial charge in [0.15, 0.2) is 6.10 Å². The molecule has 1 saturated heterocycles. The van der Waals surface area contributed by atoms with Crippen LogP contribution in [0.2, 0.25) is 0 Å². The first-order valence-electron chi connectivity index (χ1n) is 4.98. The van der Waals surface area contributed by atoms with Crippen LogP contribution in [0.3, 0.4) is 0 Å². The zero-order valence-electron chi connectivity index (χ0n) is 9.23. The van der Waals surface area contributed by atoms with E-state index in [0.29, 0.717) is 17.4 Å². The van der Waals surface area contributed by atoms with E-state index in [1.807, 2.05) is 0 Å². The van der Waals surface area contributed by atoms with Gasteiger partial charge in [0.05, 0.1) is 12.1 Å². The van der Waals surface area contributed by atoms with Gasteiger partial charge in [-0.15, -0.1) is 6.58 Å². The predicted molar refractivity (Wildman–Crippen MR) is 65.2 cm³/mol. The second kappa shape index (κ2) is 5.61. The minimum atomic E-state index is -0.672. The van der Waals surface area contributed by atoms with Gasteiger partial charge >= 0.3 is 0 Å². The Morgan fingerprint density at radius 1 is 1.81 bits per heavy atom. The van der Waals surface area contributed by atoms with Crippen molar-refractivity contribution >= 4 is 21.8 Å². The number of β-lactam (4-membered cyclic amide) rings is 1. The van der Waals surface area contributed by atoms with Crippen molar-refractivity contribution in [1.29, 1.82) is 0 Å². The Bertz CT molecular complexity index is 306. The Labute approximate surface area is 104 Å². The molecule has 3 atom stereocenters. The molecule has 90 valence electrons. The number of likely N-dealkylation sites (tertiary alicyclic amines) is 1. The monoisotopic (exact) mass is 289 g/mol. The number of hydrogen-bond donors (Lipinski definition) is 1. The van der Waals surface area contributed by atoms with Gasteiger partial charge in [0.25, 0.3) is 5.91 Å². The highest BCUT2D eigenvalue weighted by Crippen LogP contribution is 2.28. The van der Waals surface area contributed by atoms with Crippen LogP contribution in [0.4, 0.5) is 0 Å². The molecule has 0 bridgehead atoms. The zero-order valence-corrected chi connectivity index (χ0v) is 10.8. The highest BCUT2D eigenvalue weighted by molar-refractivity contribution is 9.11. The summed E-state index contributed by atoms with van der Waals surface area (Å²) in [6, 6.07) is -0.315. The highest BCUT2D eigenvalue weighted by atomic mass is 79.9. The lowest BCUT2D eigenvalue weighted by molar-refractivity contribution is -0.179. The largest absolute Gasteiger partial charge is 0.390 e. The highest BCUT2D eigenvalue weighted by Gasteiger charge is 2.50. The summed E-state index contributed by atoms with van der Waals surface area (Å²) >= 11 is 3.19. The van der Waals surface area contributed by atoms with Crippen LogP contribution in [0.5, 0.6) is 0 Å². The molecule has 1 aliphatic rings. The average molecular weight is 290 g/mol. The molecule has 1 amide bonds. The maximum atomic E-state index is 11.6. The first-order chi connectivity index (χ1) is 7.52. The molecule has 5 heteroatoms. The molecular formula is C11H16BrNO3. The minimum Gasteiger partial charge on any atom is -0.390 e. The Hall–Kier alpha value is -0.650. The number of carbonyl (C=O) groups excluding carboxylic acids is 1. The number of methoxy groups -OCH3 is 1. The Balaban J connectivity index is 2.69. The van der Waals surface area contributed by atoms with E-state index in [4.69, 9.17) is 4.74 Å². The number of halogens is 1. The Morgan fingerprint density at radius 3 is 2.88 bits per heavy atom. The second-order valence-electron chi connectivity index (χ2n) is 3.71. The van der Waals surface area contributed by atoms with Crippen molar-refractivity contribution < 1.29 is 14.6 Å². The number of aliphatic hydroxyl groups excluding tert-OH is 1. The van der Waals surface area contributed by atoms with Gasteiger partial charge < -0.3 is 14.7 Å². The van der Waals surface area contributed by atoms with Crippen molar-refractivity contribution in [2.24, 2.45) is 0 Å². The lowest BCUT2D eigenvalue weighted by Gasteiger charge is -2.47. The molecule has 0 aliphatic carbocycles.